The van der Waals surface area contributed by atoms with Gasteiger partial charge in [-0.25, -0.2) is 0 Å². The number of nitrogens with zero attached hydrogens (tertiary/aromatic N) is 2. The predicted molar refractivity (Wildman–Crippen MR) is 91.1 cm³/mol. The van der Waals surface area contributed by atoms with Crippen LogP contribution in [0.2, 0.25) is 0 Å². The van der Waals surface area contributed by atoms with Gasteiger partial charge in [0.2, 0.25) is 0 Å². The third kappa shape index (κ3) is 3.60. The van der Waals surface area contributed by atoms with E-state index in [2.05, 4.69) is 4.98 Å². The summed E-state index contributed by atoms with van der Waals surface area (Å²) in [7, 11) is 0. The Kier molecular flexibility index (Phi) is 4.73. The van der Waals surface area contributed by atoms with Crippen molar-refractivity contribution in [2.75, 3.05) is 12.4 Å². The molecule has 0 unspecified atom stereocenters. The second-order valence-corrected chi connectivity index (χ2v) is 5.88. The van der Waals surface area contributed by atoms with E-state index < -0.39 is 4.92 Å². The second kappa shape index (κ2) is 7.11. The maximum atomic E-state index is 10.9. The highest BCUT2D eigenvalue weighted by Gasteiger charge is 2.13. The van der Waals surface area contributed by atoms with Crippen molar-refractivity contribution in [3.05, 3.63) is 70.9 Å². The molecule has 0 saturated heterocycles. The monoisotopic (exact) mass is 326 g/mol. The lowest BCUT2D eigenvalue weighted by Crippen LogP contribution is -2.02. The van der Waals surface area contributed by atoms with Crippen LogP contribution >= 0.6 is 11.8 Å². The second-order valence-electron chi connectivity index (χ2n) is 4.75. The Morgan fingerprint density at radius 2 is 1.87 bits per heavy atom. The lowest BCUT2D eigenvalue weighted by Gasteiger charge is -2.08. The molecule has 0 atom stereocenters. The van der Waals surface area contributed by atoms with E-state index in [0.717, 1.165) is 15.8 Å². The molecule has 0 spiro atoms. The number of hydrogen-bond donors (Lipinski definition) is 0. The van der Waals surface area contributed by atoms with E-state index in [9.17, 15) is 10.1 Å². The Balaban J connectivity index is 1.63. The zero-order valence-electron chi connectivity index (χ0n) is 12.2. The number of pyridine rings is 1. The molecule has 0 aliphatic rings. The Labute approximate surface area is 137 Å². The topological polar surface area (TPSA) is 65.3 Å². The van der Waals surface area contributed by atoms with Crippen LogP contribution in [0.25, 0.3) is 10.9 Å². The zero-order chi connectivity index (χ0) is 16.1. The minimum absolute atomic E-state index is 0.00754. The molecule has 1 heterocycles. The number of nitro groups is 1. The fourth-order valence-electron chi connectivity index (χ4n) is 2.23. The summed E-state index contributed by atoms with van der Waals surface area (Å²) in [5, 5.41) is 12.0. The van der Waals surface area contributed by atoms with Crippen molar-refractivity contribution < 1.29 is 9.66 Å². The van der Waals surface area contributed by atoms with Gasteiger partial charge in [0.15, 0.2) is 5.75 Å². The lowest BCUT2D eigenvalue weighted by atomic mass is 10.2. The minimum Gasteiger partial charge on any atom is -0.486 e. The minimum atomic E-state index is -0.432. The number of hydrogen-bond acceptors (Lipinski definition) is 5. The van der Waals surface area contributed by atoms with Crippen LogP contribution in [0, 0.1) is 10.1 Å². The molecule has 1 aromatic heterocycles. The molecule has 0 aliphatic heterocycles. The Hall–Kier alpha value is -2.60. The van der Waals surface area contributed by atoms with Crippen LogP contribution in [-0.4, -0.2) is 22.3 Å². The van der Waals surface area contributed by atoms with Crippen LogP contribution < -0.4 is 4.74 Å². The van der Waals surface area contributed by atoms with E-state index in [4.69, 9.17) is 4.74 Å². The van der Waals surface area contributed by atoms with Gasteiger partial charge in [-0.3, -0.25) is 15.1 Å². The van der Waals surface area contributed by atoms with E-state index in [1.165, 1.54) is 6.07 Å². The van der Waals surface area contributed by atoms with Gasteiger partial charge in [-0.15, -0.1) is 11.8 Å². The van der Waals surface area contributed by atoms with Crippen LogP contribution in [0.3, 0.4) is 0 Å². The quantitative estimate of drug-likeness (QED) is 0.292. The number of benzene rings is 2. The van der Waals surface area contributed by atoms with Crippen molar-refractivity contribution in [1.82, 2.24) is 4.98 Å². The highest BCUT2D eigenvalue weighted by molar-refractivity contribution is 7.99. The summed E-state index contributed by atoms with van der Waals surface area (Å²) in [5.74, 6) is 0.998. The van der Waals surface area contributed by atoms with E-state index >= 15 is 0 Å². The van der Waals surface area contributed by atoms with Crippen LogP contribution in [-0.2, 0) is 0 Å². The van der Waals surface area contributed by atoms with Crippen molar-refractivity contribution >= 4 is 28.4 Å². The molecule has 5 nitrogen and oxygen atoms in total. The van der Waals surface area contributed by atoms with Crippen molar-refractivity contribution in [1.29, 1.82) is 0 Å². The van der Waals surface area contributed by atoms with Crippen molar-refractivity contribution in [2.45, 2.75) is 4.90 Å². The smallest absolute Gasteiger partial charge is 0.310 e. The fourth-order valence-corrected chi connectivity index (χ4v) is 3.10. The third-order valence-electron chi connectivity index (χ3n) is 3.27. The maximum Gasteiger partial charge on any atom is 0.310 e. The molecule has 0 amide bonds. The summed E-state index contributed by atoms with van der Waals surface area (Å²) in [5.41, 5.74) is 0.948. The first-order valence-electron chi connectivity index (χ1n) is 7.08. The van der Waals surface area contributed by atoms with Gasteiger partial charge in [-0.05, 0) is 18.2 Å². The summed E-state index contributed by atoms with van der Waals surface area (Å²) in [4.78, 5) is 16.0. The highest BCUT2D eigenvalue weighted by atomic mass is 32.2. The van der Waals surface area contributed by atoms with Crippen molar-refractivity contribution in [3.8, 4) is 5.75 Å². The molecule has 0 bridgehead atoms. The predicted octanol–water partition coefficient (Wildman–Crippen LogP) is 4.31. The Morgan fingerprint density at radius 3 is 2.74 bits per heavy atom. The first kappa shape index (κ1) is 15.3. The molecule has 6 heteroatoms. The highest BCUT2D eigenvalue weighted by Crippen LogP contribution is 2.28. The Bertz CT molecular complexity index is 833. The van der Waals surface area contributed by atoms with Gasteiger partial charge in [0.25, 0.3) is 0 Å². The molecular formula is C17H14N2O3S. The lowest BCUT2D eigenvalue weighted by molar-refractivity contribution is -0.385. The van der Waals surface area contributed by atoms with Gasteiger partial charge in [-0.2, -0.15) is 0 Å². The van der Waals surface area contributed by atoms with Gasteiger partial charge in [-0.1, -0.05) is 30.3 Å². The van der Waals surface area contributed by atoms with Crippen molar-refractivity contribution in [2.24, 2.45) is 0 Å². The summed E-state index contributed by atoms with van der Waals surface area (Å²) >= 11 is 1.65. The molecule has 0 N–H and O–H groups in total. The zero-order valence-corrected chi connectivity index (χ0v) is 13.0. The normalized spacial score (nSPS) is 10.6. The van der Waals surface area contributed by atoms with E-state index in [0.29, 0.717) is 18.1 Å². The SMILES string of the molecule is O=[N+]([O-])c1ccccc1OCCSc1ccnc2ccccc12. The molecule has 2 aromatic carbocycles. The number of aromatic nitrogens is 1. The van der Waals surface area contributed by atoms with Crippen LogP contribution in [0.1, 0.15) is 0 Å². The molecule has 23 heavy (non-hydrogen) atoms. The number of ether oxygens (including phenoxy) is 1. The molecule has 0 radical (unpaired) electrons. The number of para-hydroxylation sites is 3. The first-order chi connectivity index (χ1) is 11.3. The molecule has 0 saturated carbocycles. The van der Waals surface area contributed by atoms with Gasteiger partial charge in [0.1, 0.15) is 0 Å². The standard InChI is InChI=1S/C17H14N2O3S/c20-19(21)15-7-3-4-8-16(15)22-11-12-23-17-9-10-18-14-6-2-1-5-13(14)17/h1-10H,11-12H2. The summed E-state index contributed by atoms with van der Waals surface area (Å²) < 4.78 is 5.55. The van der Waals surface area contributed by atoms with Gasteiger partial charge < -0.3 is 4.74 Å². The van der Waals surface area contributed by atoms with Crippen LogP contribution in [0.15, 0.2) is 65.7 Å². The largest absolute Gasteiger partial charge is 0.486 e. The van der Waals surface area contributed by atoms with E-state index in [-0.39, 0.29) is 5.69 Å². The average Bonchev–Trinajstić information content (AvgIpc) is 2.59. The van der Waals surface area contributed by atoms with Crippen LogP contribution in [0.4, 0.5) is 5.69 Å². The van der Waals surface area contributed by atoms with Gasteiger partial charge >= 0.3 is 5.69 Å². The number of nitro benzene ring substituents is 1. The molecule has 3 rings (SSSR count). The molecule has 3 aromatic rings. The average molecular weight is 326 g/mol. The number of thioether (sulfide) groups is 1. The first-order valence-corrected chi connectivity index (χ1v) is 8.07. The molecular weight excluding hydrogens is 312 g/mol. The van der Waals surface area contributed by atoms with E-state index in [1.807, 2.05) is 30.3 Å². The van der Waals surface area contributed by atoms with Gasteiger partial charge in [0, 0.05) is 28.3 Å². The number of fused-ring (bicyclic) bond motifs is 1. The molecule has 0 aliphatic carbocycles. The molecule has 0 fully saturated rings. The fraction of sp³-hybridized carbons (Fsp3) is 0.118. The van der Waals surface area contributed by atoms with Crippen LogP contribution in [0.5, 0.6) is 5.75 Å². The maximum absolute atomic E-state index is 10.9. The van der Waals surface area contributed by atoms with Crippen molar-refractivity contribution in [3.63, 3.8) is 0 Å². The third-order valence-corrected chi connectivity index (χ3v) is 4.31. The number of rotatable bonds is 6. The summed E-state index contributed by atoms with van der Waals surface area (Å²) in [6.45, 7) is 0.395. The summed E-state index contributed by atoms with van der Waals surface area (Å²) in [6, 6.07) is 16.3. The van der Waals surface area contributed by atoms with E-state index in [1.54, 1.807) is 36.2 Å². The molecule has 116 valence electrons. The summed E-state index contributed by atoms with van der Waals surface area (Å²) in [6.07, 6.45) is 1.79. The Morgan fingerprint density at radius 1 is 1.09 bits per heavy atom. The van der Waals surface area contributed by atoms with Gasteiger partial charge in [0.05, 0.1) is 17.0 Å².